The van der Waals surface area contributed by atoms with Crippen LogP contribution in [-0.2, 0) is 4.79 Å². The summed E-state index contributed by atoms with van der Waals surface area (Å²) >= 11 is 0. The summed E-state index contributed by atoms with van der Waals surface area (Å²) in [7, 11) is 0. The summed E-state index contributed by atoms with van der Waals surface area (Å²) in [6.45, 7) is 8.71. The van der Waals surface area contributed by atoms with Gasteiger partial charge in [-0.05, 0) is 57.0 Å². The van der Waals surface area contributed by atoms with Gasteiger partial charge in [0, 0.05) is 11.6 Å². The molecule has 0 spiro atoms. The second-order valence-corrected chi connectivity index (χ2v) is 5.75. The van der Waals surface area contributed by atoms with Crippen molar-refractivity contribution < 1.29 is 19.4 Å². The maximum absolute atomic E-state index is 11.9. The Bertz CT molecular complexity index is 790. The number of ether oxygens (including phenoxy) is 2. The second-order valence-electron chi connectivity index (χ2n) is 5.75. The van der Waals surface area contributed by atoms with Crippen LogP contribution in [0, 0.1) is 13.8 Å². The molecule has 2 rings (SSSR count). The van der Waals surface area contributed by atoms with Crippen molar-refractivity contribution in [2.75, 3.05) is 13.2 Å². The van der Waals surface area contributed by atoms with E-state index < -0.39 is 5.97 Å². The molecule has 2 aromatic rings. The van der Waals surface area contributed by atoms with E-state index in [0.717, 1.165) is 11.1 Å². The monoisotopic (exact) mass is 340 g/mol. The third kappa shape index (κ3) is 4.63. The van der Waals surface area contributed by atoms with Gasteiger partial charge in [0.05, 0.1) is 18.8 Å². The number of hydrogen-bond donors (Lipinski definition) is 1. The average molecular weight is 340 g/mol. The molecule has 0 aliphatic carbocycles. The Morgan fingerprint density at radius 2 is 1.76 bits per heavy atom. The van der Waals surface area contributed by atoms with Crippen molar-refractivity contribution in [2.45, 2.75) is 27.7 Å². The fourth-order valence-electron chi connectivity index (χ4n) is 2.61. The van der Waals surface area contributed by atoms with Crippen molar-refractivity contribution in [3.63, 3.8) is 0 Å². The van der Waals surface area contributed by atoms with Crippen LogP contribution in [0.1, 0.15) is 36.1 Å². The lowest BCUT2D eigenvalue weighted by molar-refractivity contribution is -0.130. The van der Waals surface area contributed by atoms with Gasteiger partial charge in [0.2, 0.25) is 0 Å². The van der Waals surface area contributed by atoms with E-state index in [1.807, 2.05) is 58.0 Å². The summed E-state index contributed by atoms with van der Waals surface area (Å²) in [5, 5.41) is 9.73. The molecule has 0 atom stereocenters. The van der Waals surface area contributed by atoms with E-state index in [9.17, 15) is 9.90 Å². The molecule has 0 saturated carbocycles. The first kappa shape index (κ1) is 18.6. The minimum Gasteiger partial charge on any atom is -0.494 e. The molecule has 1 N–H and O–H groups in total. The van der Waals surface area contributed by atoms with Gasteiger partial charge in [-0.1, -0.05) is 23.8 Å². The summed E-state index contributed by atoms with van der Waals surface area (Å²) in [4.78, 5) is 11.9. The maximum atomic E-state index is 11.9. The summed E-state index contributed by atoms with van der Waals surface area (Å²) < 4.78 is 11.2. The smallest absolute Gasteiger partial charge is 0.336 e. The molecule has 0 amide bonds. The molecule has 25 heavy (non-hydrogen) atoms. The number of aliphatic carboxylic acids is 1. The van der Waals surface area contributed by atoms with Crippen molar-refractivity contribution in [1.82, 2.24) is 0 Å². The molecule has 0 aliphatic rings. The fourth-order valence-corrected chi connectivity index (χ4v) is 2.61. The van der Waals surface area contributed by atoms with E-state index in [-0.39, 0.29) is 5.57 Å². The van der Waals surface area contributed by atoms with E-state index in [0.29, 0.717) is 35.8 Å². The van der Waals surface area contributed by atoms with Crippen LogP contribution in [0.25, 0.3) is 11.6 Å². The van der Waals surface area contributed by atoms with E-state index in [2.05, 4.69) is 0 Å². The predicted octanol–water partition coefficient (Wildman–Crippen LogP) is 4.73. The quantitative estimate of drug-likeness (QED) is 0.585. The van der Waals surface area contributed by atoms with Gasteiger partial charge in [-0.3, -0.25) is 0 Å². The van der Waals surface area contributed by atoms with Gasteiger partial charge >= 0.3 is 5.97 Å². The molecule has 0 saturated heterocycles. The van der Waals surface area contributed by atoms with Crippen LogP contribution in [0.2, 0.25) is 0 Å². The van der Waals surface area contributed by atoms with Crippen LogP contribution >= 0.6 is 0 Å². The molecular weight excluding hydrogens is 316 g/mol. The normalized spacial score (nSPS) is 11.3. The van der Waals surface area contributed by atoms with Crippen LogP contribution in [0.3, 0.4) is 0 Å². The van der Waals surface area contributed by atoms with E-state index in [1.54, 1.807) is 12.1 Å². The Balaban J connectivity index is 2.57. The van der Waals surface area contributed by atoms with Crippen LogP contribution < -0.4 is 9.47 Å². The highest BCUT2D eigenvalue weighted by molar-refractivity contribution is 6.21. The van der Waals surface area contributed by atoms with Gasteiger partial charge in [0.25, 0.3) is 0 Å². The number of hydrogen-bond acceptors (Lipinski definition) is 3. The first-order chi connectivity index (χ1) is 12.0. The van der Waals surface area contributed by atoms with Crippen molar-refractivity contribution in [1.29, 1.82) is 0 Å². The zero-order chi connectivity index (χ0) is 18.4. The Morgan fingerprint density at radius 3 is 2.40 bits per heavy atom. The molecular formula is C21H24O4. The summed E-state index contributed by atoms with van der Waals surface area (Å²) in [6.07, 6.45) is 1.66. The molecule has 132 valence electrons. The fraction of sp³-hybridized carbons (Fsp3) is 0.286. The Kier molecular flexibility index (Phi) is 6.23. The predicted molar refractivity (Wildman–Crippen MR) is 100 cm³/mol. The molecule has 0 unspecified atom stereocenters. The highest BCUT2D eigenvalue weighted by atomic mass is 16.5. The number of carboxylic acids is 1. The zero-order valence-electron chi connectivity index (χ0n) is 15.1. The lowest BCUT2D eigenvalue weighted by Gasteiger charge is -2.12. The van der Waals surface area contributed by atoms with Gasteiger partial charge in [-0.2, -0.15) is 0 Å². The average Bonchev–Trinajstić information content (AvgIpc) is 2.57. The molecule has 0 aromatic heterocycles. The van der Waals surface area contributed by atoms with Crippen LogP contribution in [0.15, 0.2) is 36.4 Å². The molecule has 0 aliphatic heterocycles. The molecule has 0 fully saturated rings. The van der Waals surface area contributed by atoms with Crippen LogP contribution in [0.4, 0.5) is 0 Å². The molecule has 0 radical (unpaired) electrons. The molecule has 4 nitrogen and oxygen atoms in total. The SMILES string of the molecule is CCOc1ccc(/C=C(\C(=O)O)c2cc(C)ccc2C)c(OCC)c1. The summed E-state index contributed by atoms with van der Waals surface area (Å²) in [6, 6.07) is 11.2. The maximum Gasteiger partial charge on any atom is 0.336 e. The van der Waals surface area contributed by atoms with Crippen LogP contribution in [0.5, 0.6) is 11.5 Å². The highest BCUT2D eigenvalue weighted by Gasteiger charge is 2.15. The number of aryl methyl sites for hydroxylation is 2. The molecule has 4 heteroatoms. The van der Waals surface area contributed by atoms with Crippen molar-refractivity contribution in [3.8, 4) is 11.5 Å². The molecule has 0 bridgehead atoms. The van der Waals surface area contributed by atoms with Gasteiger partial charge in [-0.25, -0.2) is 4.79 Å². The van der Waals surface area contributed by atoms with Gasteiger partial charge < -0.3 is 14.6 Å². The van der Waals surface area contributed by atoms with Crippen LogP contribution in [-0.4, -0.2) is 24.3 Å². The lowest BCUT2D eigenvalue weighted by Crippen LogP contribution is -2.03. The zero-order valence-corrected chi connectivity index (χ0v) is 15.1. The standard InChI is InChI=1S/C21H24O4/c1-5-24-17-10-9-16(20(13-17)25-6-2)12-19(21(22)23)18-11-14(3)7-8-15(18)4/h7-13H,5-6H2,1-4H3,(H,22,23)/b19-12-. The Morgan fingerprint density at radius 1 is 1.04 bits per heavy atom. The second kappa shape index (κ2) is 8.38. The van der Waals surface area contributed by atoms with E-state index in [4.69, 9.17) is 9.47 Å². The summed E-state index contributed by atoms with van der Waals surface area (Å²) in [5.74, 6) is 0.342. The topological polar surface area (TPSA) is 55.8 Å². The van der Waals surface area contributed by atoms with E-state index in [1.165, 1.54) is 0 Å². The number of benzene rings is 2. The van der Waals surface area contributed by atoms with Crippen molar-refractivity contribution in [3.05, 3.63) is 58.7 Å². The van der Waals surface area contributed by atoms with Crippen molar-refractivity contribution >= 4 is 17.6 Å². The first-order valence-electron chi connectivity index (χ1n) is 8.38. The van der Waals surface area contributed by atoms with Gasteiger partial charge in [0.1, 0.15) is 11.5 Å². The van der Waals surface area contributed by atoms with E-state index >= 15 is 0 Å². The minimum absolute atomic E-state index is 0.242. The molecule has 0 heterocycles. The largest absolute Gasteiger partial charge is 0.494 e. The van der Waals surface area contributed by atoms with Gasteiger partial charge in [0.15, 0.2) is 0 Å². The number of carboxylic acid groups (broad SMARTS) is 1. The third-order valence-corrected chi connectivity index (χ3v) is 3.81. The lowest BCUT2D eigenvalue weighted by atomic mass is 9.96. The Labute approximate surface area is 148 Å². The minimum atomic E-state index is -0.968. The third-order valence-electron chi connectivity index (χ3n) is 3.81. The Hall–Kier alpha value is -2.75. The van der Waals surface area contributed by atoms with Crippen molar-refractivity contribution in [2.24, 2.45) is 0 Å². The van der Waals surface area contributed by atoms with Gasteiger partial charge in [-0.15, -0.1) is 0 Å². The highest BCUT2D eigenvalue weighted by Crippen LogP contribution is 2.30. The number of rotatable bonds is 7. The first-order valence-corrected chi connectivity index (χ1v) is 8.38. The summed E-state index contributed by atoms with van der Waals surface area (Å²) in [5.41, 5.74) is 3.60. The number of carbonyl (C=O) groups is 1. The molecule has 2 aromatic carbocycles.